The SMILES string of the molecule is COc1c2c(cc3oc(C)cc(=O)c13)OC(C(C)(C)O)C2. The van der Waals surface area contributed by atoms with Gasteiger partial charge in [-0.1, -0.05) is 0 Å². The molecule has 3 rings (SSSR count). The highest BCUT2D eigenvalue weighted by molar-refractivity contribution is 5.87. The summed E-state index contributed by atoms with van der Waals surface area (Å²) in [5, 5.41) is 10.6. The molecule has 5 nitrogen and oxygen atoms in total. The molecule has 1 aromatic carbocycles. The van der Waals surface area contributed by atoms with Crippen molar-refractivity contribution in [2.45, 2.75) is 38.9 Å². The summed E-state index contributed by atoms with van der Waals surface area (Å²) in [4.78, 5) is 12.2. The van der Waals surface area contributed by atoms with E-state index in [-0.39, 0.29) is 11.5 Å². The number of rotatable bonds is 2. The van der Waals surface area contributed by atoms with E-state index in [1.165, 1.54) is 13.2 Å². The van der Waals surface area contributed by atoms with E-state index in [2.05, 4.69) is 0 Å². The first kappa shape index (κ1) is 13.9. The minimum Gasteiger partial charge on any atom is -0.495 e. The lowest BCUT2D eigenvalue weighted by atomic mass is 9.96. The van der Waals surface area contributed by atoms with E-state index in [9.17, 15) is 9.90 Å². The van der Waals surface area contributed by atoms with Crippen molar-refractivity contribution in [3.05, 3.63) is 33.7 Å². The Kier molecular flexibility index (Phi) is 2.99. The molecular weight excluding hydrogens is 272 g/mol. The highest BCUT2D eigenvalue weighted by atomic mass is 16.5. The van der Waals surface area contributed by atoms with Crippen molar-refractivity contribution in [2.24, 2.45) is 0 Å². The molecule has 0 bridgehead atoms. The van der Waals surface area contributed by atoms with Crippen LogP contribution in [-0.4, -0.2) is 23.9 Å². The molecule has 1 aliphatic heterocycles. The van der Waals surface area contributed by atoms with Gasteiger partial charge >= 0.3 is 0 Å². The Morgan fingerprint density at radius 1 is 1.38 bits per heavy atom. The van der Waals surface area contributed by atoms with Crippen LogP contribution in [0.15, 0.2) is 21.3 Å². The summed E-state index contributed by atoms with van der Waals surface area (Å²) in [5.74, 6) is 1.61. The Balaban J connectivity index is 2.26. The number of hydrogen-bond acceptors (Lipinski definition) is 5. The van der Waals surface area contributed by atoms with Crippen LogP contribution in [0.2, 0.25) is 0 Å². The zero-order chi connectivity index (χ0) is 15.4. The molecule has 1 aliphatic rings. The largest absolute Gasteiger partial charge is 0.495 e. The molecule has 112 valence electrons. The predicted molar refractivity (Wildman–Crippen MR) is 78.2 cm³/mol. The van der Waals surface area contributed by atoms with Gasteiger partial charge in [0.25, 0.3) is 0 Å². The van der Waals surface area contributed by atoms with Crippen LogP contribution in [0.3, 0.4) is 0 Å². The van der Waals surface area contributed by atoms with Crippen LogP contribution in [0.5, 0.6) is 11.5 Å². The molecule has 0 fully saturated rings. The maximum atomic E-state index is 12.2. The van der Waals surface area contributed by atoms with Gasteiger partial charge in [-0.25, -0.2) is 0 Å². The number of methoxy groups -OCH3 is 1. The maximum absolute atomic E-state index is 12.2. The van der Waals surface area contributed by atoms with Crippen molar-refractivity contribution in [3.63, 3.8) is 0 Å². The van der Waals surface area contributed by atoms with Crippen LogP contribution >= 0.6 is 0 Å². The van der Waals surface area contributed by atoms with Gasteiger partial charge in [0, 0.05) is 24.1 Å². The van der Waals surface area contributed by atoms with E-state index >= 15 is 0 Å². The summed E-state index contributed by atoms with van der Waals surface area (Å²) in [7, 11) is 1.52. The molecule has 2 aromatic rings. The Labute approximate surface area is 122 Å². The Bertz CT molecular complexity index is 767. The second-order valence-corrected chi connectivity index (χ2v) is 5.95. The lowest BCUT2D eigenvalue weighted by Gasteiger charge is -2.24. The number of hydrogen-bond donors (Lipinski definition) is 1. The highest BCUT2D eigenvalue weighted by Crippen LogP contribution is 2.42. The lowest BCUT2D eigenvalue weighted by molar-refractivity contribution is -0.0229. The quantitative estimate of drug-likeness (QED) is 0.918. The minimum atomic E-state index is -0.983. The molecule has 1 unspecified atom stereocenters. The lowest BCUT2D eigenvalue weighted by Crippen LogP contribution is -2.39. The van der Waals surface area contributed by atoms with E-state index in [1.807, 2.05) is 0 Å². The monoisotopic (exact) mass is 290 g/mol. The zero-order valence-electron chi connectivity index (χ0n) is 12.5. The molecule has 2 heterocycles. The summed E-state index contributed by atoms with van der Waals surface area (Å²) in [6.07, 6.45) is 0.111. The molecule has 1 atom stereocenters. The van der Waals surface area contributed by atoms with Crippen molar-refractivity contribution >= 4 is 11.0 Å². The topological polar surface area (TPSA) is 68.9 Å². The summed E-state index contributed by atoms with van der Waals surface area (Å²) in [6.45, 7) is 5.12. The van der Waals surface area contributed by atoms with Gasteiger partial charge < -0.3 is 19.0 Å². The molecule has 0 amide bonds. The Hall–Kier alpha value is -2.01. The average Bonchev–Trinajstić information content (AvgIpc) is 2.79. The molecule has 1 N–H and O–H groups in total. The summed E-state index contributed by atoms with van der Waals surface area (Å²) in [5.41, 5.74) is 0.115. The normalized spacial score (nSPS) is 17.7. The Morgan fingerprint density at radius 2 is 2.10 bits per heavy atom. The molecule has 0 spiro atoms. The molecule has 0 aliphatic carbocycles. The zero-order valence-corrected chi connectivity index (χ0v) is 12.5. The van der Waals surface area contributed by atoms with Gasteiger partial charge in [-0.15, -0.1) is 0 Å². The van der Waals surface area contributed by atoms with Crippen LogP contribution in [-0.2, 0) is 6.42 Å². The van der Waals surface area contributed by atoms with Gasteiger partial charge in [-0.3, -0.25) is 4.79 Å². The van der Waals surface area contributed by atoms with Crippen LogP contribution in [0.4, 0.5) is 0 Å². The predicted octanol–water partition coefficient (Wildman–Crippen LogP) is 2.18. The van der Waals surface area contributed by atoms with E-state index in [0.29, 0.717) is 34.6 Å². The van der Waals surface area contributed by atoms with Gasteiger partial charge in [0.15, 0.2) is 5.43 Å². The first-order valence-corrected chi connectivity index (χ1v) is 6.84. The molecule has 21 heavy (non-hydrogen) atoms. The number of ether oxygens (including phenoxy) is 2. The first-order valence-electron chi connectivity index (χ1n) is 6.84. The van der Waals surface area contributed by atoms with E-state index < -0.39 is 5.60 Å². The van der Waals surface area contributed by atoms with E-state index in [4.69, 9.17) is 13.9 Å². The van der Waals surface area contributed by atoms with E-state index in [1.54, 1.807) is 26.8 Å². The standard InChI is InChI=1S/C16H18O5/c1-8-5-10(17)14-12(20-8)7-11-9(15(14)19-4)6-13(21-11)16(2,3)18/h5,7,13,18H,6H2,1-4H3. The van der Waals surface area contributed by atoms with Crippen LogP contribution < -0.4 is 14.9 Å². The smallest absolute Gasteiger partial charge is 0.196 e. The summed E-state index contributed by atoms with van der Waals surface area (Å²) >= 11 is 0. The third kappa shape index (κ3) is 2.17. The average molecular weight is 290 g/mol. The van der Waals surface area contributed by atoms with Crippen molar-refractivity contribution in [2.75, 3.05) is 7.11 Å². The third-order valence-electron chi connectivity index (χ3n) is 3.81. The molecule has 0 radical (unpaired) electrons. The number of aryl methyl sites for hydroxylation is 1. The van der Waals surface area contributed by atoms with Gasteiger partial charge in [0.05, 0.1) is 12.7 Å². The van der Waals surface area contributed by atoms with Crippen molar-refractivity contribution in [1.29, 1.82) is 0 Å². The van der Waals surface area contributed by atoms with Crippen molar-refractivity contribution in [3.8, 4) is 11.5 Å². The van der Waals surface area contributed by atoms with Gasteiger partial charge in [0.2, 0.25) is 0 Å². The minimum absolute atomic E-state index is 0.139. The molecule has 0 saturated carbocycles. The summed E-state index contributed by atoms with van der Waals surface area (Å²) < 4.78 is 16.8. The van der Waals surface area contributed by atoms with E-state index in [0.717, 1.165) is 5.56 Å². The van der Waals surface area contributed by atoms with Crippen LogP contribution in [0.25, 0.3) is 11.0 Å². The highest BCUT2D eigenvalue weighted by Gasteiger charge is 2.37. The molecule has 5 heteroatoms. The summed E-state index contributed by atoms with van der Waals surface area (Å²) in [6, 6.07) is 3.15. The van der Waals surface area contributed by atoms with Gasteiger partial charge in [-0.2, -0.15) is 0 Å². The molecule has 0 saturated heterocycles. The van der Waals surface area contributed by atoms with Crippen LogP contribution in [0.1, 0.15) is 25.2 Å². The fourth-order valence-corrected chi connectivity index (χ4v) is 2.72. The Morgan fingerprint density at radius 3 is 2.71 bits per heavy atom. The van der Waals surface area contributed by atoms with Crippen molar-refractivity contribution < 1.29 is 19.0 Å². The van der Waals surface area contributed by atoms with Gasteiger partial charge in [-0.05, 0) is 20.8 Å². The fourth-order valence-electron chi connectivity index (χ4n) is 2.72. The fraction of sp³-hybridized carbons (Fsp3) is 0.438. The number of fused-ring (bicyclic) bond motifs is 2. The van der Waals surface area contributed by atoms with Gasteiger partial charge in [0.1, 0.15) is 34.3 Å². The van der Waals surface area contributed by atoms with Crippen LogP contribution in [0, 0.1) is 6.92 Å². The third-order valence-corrected chi connectivity index (χ3v) is 3.81. The number of benzene rings is 1. The second kappa shape index (κ2) is 4.49. The van der Waals surface area contributed by atoms with Crippen molar-refractivity contribution in [1.82, 2.24) is 0 Å². The molecule has 1 aromatic heterocycles. The molecular formula is C16H18O5. The second-order valence-electron chi connectivity index (χ2n) is 5.95. The first-order chi connectivity index (χ1) is 9.81. The number of aliphatic hydroxyl groups is 1. The maximum Gasteiger partial charge on any atom is 0.196 e.